The number of carbonyl (C=O) groups is 2. The molecule has 2 amide bonds. The maximum atomic E-state index is 11.2. The average Bonchev–Trinajstić information content (AvgIpc) is 2.17. The van der Waals surface area contributed by atoms with Crippen molar-refractivity contribution in [2.75, 3.05) is 19.6 Å². The summed E-state index contributed by atoms with van der Waals surface area (Å²) in [6.45, 7) is 6.94. The fourth-order valence-corrected chi connectivity index (χ4v) is 1.13. The SMILES string of the molecule is CCCCNC(=O)CNCC(=O)NC(C)C. The molecule has 5 heteroatoms. The number of rotatable bonds is 8. The fraction of sp³-hybridized carbons (Fsp3) is 0.818. The first kappa shape index (κ1) is 14.9. The predicted octanol–water partition coefficient (Wildman–Crippen LogP) is 0.0169. The van der Waals surface area contributed by atoms with E-state index in [1.54, 1.807) is 0 Å². The summed E-state index contributed by atoms with van der Waals surface area (Å²) in [6, 6.07) is 0.132. The van der Waals surface area contributed by atoms with Crippen molar-refractivity contribution < 1.29 is 9.59 Å². The standard InChI is InChI=1S/C11H23N3O2/c1-4-5-6-13-10(15)7-12-8-11(16)14-9(2)3/h9,12H,4-8H2,1-3H3,(H,13,15)(H,14,16). The number of unbranched alkanes of at least 4 members (excludes halogenated alkanes) is 1. The van der Waals surface area contributed by atoms with Gasteiger partial charge >= 0.3 is 0 Å². The number of hydrogen-bond donors (Lipinski definition) is 3. The van der Waals surface area contributed by atoms with Crippen LogP contribution < -0.4 is 16.0 Å². The van der Waals surface area contributed by atoms with Crippen molar-refractivity contribution in [1.29, 1.82) is 0 Å². The van der Waals surface area contributed by atoms with Crippen molar-refractivity contribution in [2.24, 2.45) is 0 Å². The zero-order valence-electron chi connectivity index (χ0n) is 10.4. The van der Waals surface area contributed by atoms with Crippen LogP contribution in [0.15, 0.2) is 0 Å². The minimum atomic E-state index is -0.0867. The molecule has 0 aliphatic carbocycles. The van der Waals surface area contributed by atoms with E-state index < -0.39 is 0 Å². The molecule has 0 atom stereocenters. The molecule has 0 unspecified atom stereocenters. The molecular formula is C11H23N3O2. The largest absolute Gasteiger partial charge is 0.355 e. The Labute approximate surface area is 97.4 Å². The van der Waals surface area contributed by atoms with Crippen molar-refractivity contribution in [1.82, 2.24) is 16.0 Å². The van der Waals surface area contributed by atoms with E-state index in [4.69, 9.17) is 0 Å². The smallest absolute Gasteiger partial charge is 0.234 e. The van der Waals surface area contributed by atoms with Gasteiger partial charge in [0.05, 0.1) is 13.1 Å². The summed E-state index contributed by atoms with van der Waals surface area (Å²) in [6.07, 6.45) is 2.05. The topological polar surface area (TPSA) is 70.2 Å². The van der Waals surface area contributed by atoms with Crippen molar-refractivity contribution in [3.8, 4) is 0 Å². The van der Waals surface area contributed by atoms with Crippen LogP contribution in [-0.2, 0) is 9.59 Å². The lowest BCUT2D eigenvalue weighted by molar-refractivity contribution is -0.121. The van der Waals surface area contributed by atoms with Gasteiger partial charge in [0, 0.05) is 12.6 Å². The molecule has 94 valence electrons. The molecule has 0 rings (SSSR count). The molecule has 0 aromatic carbocycles. The average molecular weight is 229 g/mol. The fourth-order valence-electron chi connectivity index (χ4n) is 1.13. The van der Waals surface area contributed by atoms with Crippen molar-refractivity contribution in [3.05, 3.63) is 0 Å². The highest BCUT2D eigenvalue weighted by atomic mass is 16.2. The summed E-state index contributed by atoms with van der Waals surface area (Å²) < 4.78 is 0. The molecule has 0 spiro atoms. The lowest BCUT2D eigenvalue weighted by Crippen LogP contribution is -2.41. The minimum absolute atomic E-state index is 0.0641. The quantitative estimate of drug-likeness (QED) is 0.514. The van der Waals surface area contributed by atoms with E-state index >= 15 is 0 Å². The van der Waals surface area contributed by atoms with Gasteiger partial charge in [-0.05, 0) is 20.3 Å². The lowest BCUT2D eigenvalue weighted by Gasteiger charge is -2.09. The molecular weight excluding hydrogens is 206 g/mol. The molecule has 0 radical (unpaired) electrons. The van der Waals surface area contributed by atoms with Crippen molar-refractivity contribution in [2.45, 2.75) is 39.7 Å². The first-order chi connectivity index (χ1) is 7.56. The van der Waals surface area contributed by atoms with Gasteiger partial charge in [-0.15, -0.1) is 0 Å². The zero-order valence-corrected chi connectivity index (χ0v) is 10.4. The second-order valence-electron chi connectivity index (χ2n) is 4.03. The summed E-state index contributed by atoms with van der Waals surface area (Å²) >= 11 is 0. The van der Waals surface area contributed by atoms with Crippen LogP contribution in [0.2, 0.25) is 0 Å². The van der Waals surface area contributed by atoms with Crippen LogP contribution in [0.3, 0.4) is 0 Å². The van der Waals surface area contributed by atoms with Gasteiger partial charge in [0.15, 0.2) is 0 Å². The summed E-state index contributed by atoms with van der Waals surface area (Å²) in [5, 5.41) is 8.29. The van der Waals surface area contributed by atoms with Crippen molar-refractivity contribution >= 4 is 11.8 Å². The molecule has 0 aliphatic heterocycles. The van der Waals surface area contributed by atoms with Gasteiger partial charge in [0.2, 0.25) is 11.8 Å². The van der Waals surface area contributed by atoms with Gasteiger partial charge in [-0.25, -0.2) is 0 Å². The molecule has 0 saturated carbocycles. The van der Waals surface area contributed by atoms with Crippen LogP contribution in [0.4, 0.5) is 0 Å². The van der Waals surface area contributed by atoms with E-state index in [-0.39, 0.29) is 30.9 Å². The normalized spacial score (nSPS) is 10.2. The Morgan fingerprint density at radius 1 is 1.12 bits per heavy atom. The highest BCUT2D eigenvalue weighted by Crippen LogP contribution is 1.81. The summed E-state index contributed by atoms with van der Waals surface area (Å²) in [5.74, 6) is -0.151. The van der Waals surface area contributed by atoms with Crippen LogP contribution in [0.5, 0.6) is 0 Å². The maximum absolute atomic E-state index is 11.2. The van der Waals surface area contributed by atoms with Gasteiger partial charge in [-0.2, -0.15) is 0 Å². The van der Waals surface area contributed by atoms with E-state index in [0.29, 0.717) is 6.54 Å². The molecule has 16 heavy (non-hydrogen) atoms. The molecule has 0 aliphatic rings. The molecule has 3 N–H and O–H groups in total. The number of carbonyl (C=O) groups excluding carboxylic acids is 2. The Kier molecular flexibility index (Phi) is 8.52. The zero-order chi connectivity index (χ0) is 12.4. The maximum Gasteiger partial charge on any atom is 0.234 e. The Morgan fingerprint density at radius 2 is 1.75 bits per heavy atom. The third kappa shape index (κ3) is 9.45. The third-order valence-electron chi connectivity index (χ3n) is 1.87. The first-order valence-corrected chi connectivity index (χ1v) is 5.83. The molecule has 0 fully saturated rings. The second kappa shape index (κ2) is 9.15. The minimum Gasteiger partial charge on any atom is -0.355 e. The van der Waals surface area contributed by atoms with Crippen LogP contribution >= 0.6 is 0 Å². The molecule has 0 heterocycles. The van der Waals surface area contributed by atoms with Crippen LogP contribution in [-0.4, -0.2) is 37.5 Å². The summed E-state index contributed by atoms with van der Waals surface area (Å²) in [4.78, 5) is 22.4. The van der Waals surface area contributed by atoms with Gasteiger partial charge in [-0.1, -0.05) is 13.3 Å². The Balaban J connectivity index is 3.43. The van der Waals surface area contributed by atoms with E-state index in [1.807, 2.05) is 13.8 Å². The first-order valence-electron chi connectivity index (χ1n) is 5.83. The Hall–Kier alpha value is -1.10. The Bertz CT molecular complexity index is 217. The Morgan fingerprint density at radius 3 is 2.31 bits per heavy atom. The molecule has 0 saturated heterocycles. The van der Waals surface area contributed by atoms with Gasteiger partial charge in [0.1, 0.15) is 0 Å². The highest BCUT2D eigenvalue weighted by molar-refractivity contribution is 5.81. The van der Waals surface area contributed by atoms with E-state index in [9.17, 15) is 9.59 Å². The molecule has 0 aromatic heterocycles. The summed E-state index contributed by atoms with van der Waals surface area (Å²) in [5.41, 5.74) is 0. The number of amides is 2. The second-order valence-corrected chi connectivity index (χ2v) is 4.03. The van der Waals surface area contributed by atoms with Gasteiger partial charge in [0.25, 0.3) is 0 Å². The third-order valence-corrected chi connectivity index (χ3v) is 1.87. The number of nitrogens with one attached hydrogen (secondary N) is 3. The molecule has 0 bridgehead atoms. The predicted molar refractivity (Wildman–Crippen MR) is 64.1 cm³/mol. The molecule has 0 aromatic rings. The van der Waals surface area contributed by atoms with E-state index in [1.165, 1.54) is 0 Å². The summed E-state index contributed by atoms with van der Waals surface area (Å²) in [7, 11) is 0. The number of hydrogen-bond acceptors (Lipinski definition) is 3. The van der Waals surface area contributed by atoms with Gasteiger partial charge in [-0.3, -0.25) is 14.9 Å². The van der Waals surface area contributed by atoms with E-state index in [2.05, 4.69) is 22.9 Å². The lowest BCUT2D eigenvalue weighted by atomic mass is 10.3. The van der Waals surface area contributed by atoms with Crippen LogP contribution in [0, 0.1) is 0 Å². The highest BCUT2D eigenvalue weighted by Gasteiger charge is 2.04. The van der Waals surface area contributed by atoms with Gasteiger partial charge < -0.3 is 10.6 Å². The van der Waals surface area contributed by atoms with E-state index in [0.717, 1.165) is 12.8 Å². The van der Waals surface area contributed by atoms with Crippen molar-refractivity contribution in [3.63, 3.8) is 0 Å². The van der Waals surface area contributed by atoms with Crippen LogP contribution in [0.25, 0.3) is 0 Å². The molecule has 5 nitrogen and oxygen atoms in total. The monoisotopic (exact) mass is 229 g/mol. The van der Waals surface area contributed by atoms with Crippen LogP contribution in [0.1, 0.15) is 33.6 Å².